The van der Waals surface area contributed by atoms with E-state index in [-0.39, 0.29) is 12.2 Å². The Kier molecular flexibility index (Phi) is 9.64. The van der Waals surface area contributed by atoms with Crippen LogP contribution in [0.15, 0.2) is 16.6 Å². The number of imidazole rings is 1. The van der Waals surface area contributed by atoms with E-state index in [2.05, 4.69) is 38.5 Å². The molecule has 1 N–H and O–H groups in total. The summed E-state index contributed by atoms with van der Waals surface area (Å²) in [6.45, 7) is 11.2. The highest BCUT2D eigenvalue weighted by atomic mass is 79.9. The van der Waals surface area contributed by atoms with Gasteiger partial charge < -0.3 is 14.4 Å². The molecule has 1 aliphatic carbocycles. The van der Waals surface area contributed by atoms with E-state index in [0.29, 0.717) is 12.5 Å². The molecule has 0 saturated heterocycles. The Morgan fingerprint density at radius 3 is 2.36 bits per heavy atom. The maximum atomic E-state index is 10.7. The molecule has 158 valence electrons. The minimum absolute atomic E-state index is 0.113. The molecule has 0 unspecified atom stereocenters. The maximum absolute atomic E-state index is 10.7. The van der Waals surface area contributed by atoms with E-state index in [0.717, 1.165) is 21.6 Å². The quantitative estimate of drug-likeness (QED) is 0.601. The van der Waals surface area contributed by atoms with Crippen LogP contribution < -0.4 is 4.74 Å². The Morgan fingerprint density at radius 2 is 1.96 bits per heavy atom. The van der Waals surface area contributed by atoms with Crippen molar-refractivity contribution in [2.24, 2.45) is 0 Å². The molecule has 0 radical (unpaired) electrons. The fourth-order valence-electron chi connectivity index (χ4n) is 3.12. The lowest BCUT2D eigenvalue weighted by atomic mass is 9.92. The fourth-order valence-corrected chi connectivity index (χ4v) is 3.54. The summed E-state index contributed by atoms with van der Waals surface area (Å²) in [6.07, 6.45) is 4.64. The van der Waals surface area contributed by atoms with Crippen molar-refractivity contribution in [3.63, 3.8) is 0 Å². The number of nitrogens with zero attached hydrogens (tertiary/aromatic N) is 2. The van der Waals surface area contributed by atoms with Crippen LogP contribution in [0.4, 0.5) is 0 Å². The molecule has 1 aromatic carbocycles. The fraction of sp³-hybridized carbons (Fsp3) is 0.636. The van der Waals surface area contributed by atoms with Gasteiger partial charge in [0.1, 0.15) is 22.9 Å². The molecular weight excluding hydrogens is 420 g/mol. The van der Waals surface area contributed by atoms with Crippen LogP contribution in [0.2, 0.25) is 0 Å². The highest BCUT2D eigenvalue weighted by Crippen LogP contribution is 2.38. The van der Waals surface area contributed by atoms with E-state index < -0.39 is 5.60 Å². The Balaban J connectivity index is 0.000000306. The molecular formula is C22H35BrN2O3. The molecule has 1 aromatic heterocycles. The lowest BCUT2D eigenvalue weighted by Crippen LogP contribution is -2.22. The van der Waals surface area contributed by atoms with Crippen LogP contribution in [0.3, 0.4) is 0 Å². The molecule has 0 aliphatic heterocycles. The highest BCUT2D eigenvalue weighted by molar-refractivity contribution is 9.10. The number of hydrogen-bond acceptors (Lipinski definition) is 4. The van der Waals surface area contributed by atoms with E-state index in [1.54, 1.807) is 27.9 Å². The predicted molar refractivity (Wildman–Crippen MR) is 119 cm³/mol. The summed E-state index contributed by atoms with van der Waals surface area (Å²) < 4.78 is 8.80. The number of aliphatic hydroxyl groups is 1. The van der Waals surface area contributed by atoms with Gasteiger partial charge in [0.25, 0.3) is 0 Å². The minimum Gasteiger partial charge on any atom is -0.494 e. The summed E-state index contributed by atoms with van der Waals surface area (Å²) in [5.74, 6) is 2.04. The first-order valence-corrected chi connectivity index (χ1v) is 10.9. The number of carbonyl (C=O) groups is 1. The molecule has 0 bridgehead atoms. The highest BCUT2D eigenvalue weighted by Gasteiger charge is 2.24. The molecule has 3 rings (SSSR count). The van der Waals surface area contributed by atoms with Crippen molar-refractivity contribution in [3.8, 4) is 5.75 Å². The average molecular weight is 455 g/mol. The maximum Gasteiger partial charge on any atom is 0.147 e. The third kappa shape index (κ3) is 6.59. The van der Waals surface area contributed by atoms with Crippen LogP contribution in [-0.2, 0) is 4.79 Å². The van der Waals surface area contributed by atoms with Gasteiger partial charge in [-0.2, -0.15) is 0 Å². The monoisotopic (exact) mass is 454 g/mol. The van der Waals surface area contributed by atoms with Crippen molar-refractivity contribution in [1.29, 1.82) is 0 Å². The minimum atomic E-state index is -0.826. The number of aryl methyl sites for hydroxylation is 1. The zero-order chi connectivity index (χ0) is 21.5. The number of Topliss-reactive ketones (excluding diaryl/α,β-unsaturated/α-hetero) is 1. The summed E-state index contributed by atoms with van der Waals surface area (Å²) in [4.78, 5) is 15.3. The lowest BCUT2D eigenvalue weighted by Gasteiger charge is -2.28. The molecule has 0 atom stereocenters. The molecule has 1 saturated carbocycles. The Bertz CT molecular complexity index is 774. The zero-order valence-corrected chi connectivity index (χ0v) is 19.9. The third-order valence-corrected chi connectivity index (χ3v) is 5.04. The molecule has 5 nitrogen and oxygen atoms in total. The molecule has 1 aliphatic rings. The number of ether oxygens (including phenoxy) is 1. The molecule has 6 heteroatoms. The molecule has 0 amide bonds. The van der Waals surface area contributed by atoms with Crippen LogP contribution >= 0.6 is 15.9 Å². The average Bonchev–Trinajstić information content (AvgIpc) is 2.90. The lowest BCUT2D eigenvalue weighted by molar-refractivity contribution is -0.122. The van der Waals surface area contributed by atoms with Gasteiger partial charge in [-0.1, -0.05) is 36.7 Å². The first-order chi connectivity index (χ1) is 13.2. The number of ketones is 1. The van der Waals surface area contributed by atoms with Crippen molar-refractivity contribution in [2.45, 2.75) is 85.3 Å². The topological polar surface area (TPSA) is 64.3 Å². The smallest absolute Gasteiger partial charge is 0.147 e. The van der Waals surface area contributed by atoms with E-state index in [1.165, 1.54) is 24.8 Å². The number of carbonyl (C=O) groups excluding carboxylic acids is 1. The summed E-state index contributed by atoms with van der Waals surface area (Å²) in [5, 5.41) is 9.10. The summed E-state index contributed by atoms with van der Waals surface area (Å²) in [6, 6.07) is 4.73. The summed E-state index contributed by atoms with van der Waals surface area (Å²) >= 11 is 3.54. The number of methoxy groups -OCH3 is 1. The van der Waals surface area contributed by atoms with Crippen molar-refractivity contribution >= 4 is 32.7 Å². The van der Waals surface area contributed by atoms with Crippen molar-refractivity contribution in [1.82, 2.24) is 9.55 Å². The van der Waals surface area contributed by atoms with Crippen LogP contribution in [0.25, 0.3) is 11.0 Å². The largest absolute Gasteiger partial charge is 0.494 e. The molecule has 1 fully saturated rings. The number of aromatic nitrogens is 2. The van der Waals surface area contributed by atoms with Gasteiger partial charge in [-0.05, 0) is 52.2 Å². The number of halogens is 1. The Labute approximate surface area is 177 Å². The van der Waals surface area contributed by atoms with E-state index in [4.69, 9.17) is 9.84 Å². The number of benzene rings is 1. The van der Waals surface area contributed by atoms with E-state index in [9.17, 15) is 4.79 Å². The van der Waals surface area contributed by atoms with Gasteiger partial charge in [-0.3, -0.25) is 4.79 Å². The molecule has 28 heavy (non-hydrogen) atoms. The molecule has 1 heterocycles. The van der Waals surface area contributed by atoms with Crippen molar-refractivity contribution < 1.29 is 14.6 Å². The SMILES string of the molecule is CC.CCC(=O)CC(C)(C)O.COc1cc(Br)cc2c1nc(C)n2C1CCC1. The van der Waals surface area contributed by atoms with Crippen LogP contribution in [0.5, 0.6) is 5.75 Å². The van der Waals surface area contributed by atoms with Gasteiger partial charge in [0, 0.05) is 23.4 Å². The zero-order valence-electron chi connectivity index (χ0n) is 18.3. The first-order valence-electron chi connectivity index (χ1n) is 10.1. The third-order valence-electron chi connectivity index (χ3n) is 4.59. The van der Waals surface area contributed by atoms with E-state index in [1.807, 2.05) is 19.9 Å². The number of rotatable bonds is 5. The standard InChI is InChI=1S/C13H15BrN2O.C7H14O2.C2H6/c1-8-15-13-11(16(8)10-4-3-5-10)6-9(14)7-12(13)17-2;1-4-6(8)5-7(2,3)9;1-2/h6-7,10H,3-5H2,1-2H3;9H,4-5H2,1-3H3;1-2H3. The van der Waals surface area contributed by atoms with Crippen molar-refractivity contribution in [2.75, 3.05) is 7.11 Å². The first kappa shape index (κ1) is 24.6. The van der Waals surface area contributed by atoms with Crippen LogP contribution in [0, 0.1) is 6.92 Å². The normalized spacial score (nSPS) is 13.8. The van der Waals surface area contributed by atoms with Gasteiger partial charge in [0.05, 0.1) is 18.2 Å². The second kappa shape index (κ2) is 11.0. The van der Waals surface area contributed by atoms with Crippen LogP contribution in [-0.4, -0.2) is 33.2 Å². The second-order valence-electron chi connectivity index (χ2n) is 7.47. The van der Waals surface area contributed by atoms with Crippen molar-refractivity contribution in [3.05, 3.63) is 22.4 Å². The number of hydrogen-bond donors (Lipinski definition) is 1. The van der Waals surface area contributed by atoms with Gasteiger partial charge in [0.2, 0.25) is 0 Å². The molecule has 2 aromatic rings. The van der Waals surface area contributed by atoms with Gasteiger partial charge in [0.15, 0.2) is 0 Å². The summed E-state index contributed by atoms with van der Waals surface area (Å²) in [7, 11) is 1.69. The Morgan fingerprint density at radius 1 is 1.36 bits per heavy atom. The summed E-state index contributed by atoms with van der Waals surface area (Å²) in [5.41, 5.74) is 1.33. The van der Waals surface area contributed by atoms with Gasteiger partial charge >= 0.3 is 0 Å². The Hall–Kier alpha value is -1.40. The van der Waals surface area contributed by atoms with Gasteiger partial charge in [-0.15, -0.1) is 0 Å². The number of fused-ring (bicyclic) bond motifs is 1. The molecule has 0 spiro atoms. The van der Waals surface area contributed by atoms with Crippen LogP contribution in [0.1, 0.15) is 78.6 Å². The second-order valence-corrected chi connectivity index (χ2v) is 8.39. The van der Waals surface area contributed by atoms with Gasteiger partial charge in [-0.25, -0.2) is 4.98 Å². The van der Waals surface area contributed by atoms with E-state index >= 15 is 0 Å². The predicted octanol–water partition coefficient (Wildman–Crippen LogP) is 5.99.